The minimum Gasteiger partial charge on any atom is -0.296 e. The van der Waals surface area contributed by atoms with Crippen molar-refractivity contribution in [3.63, 3.8) is 0 Å². The summed E-state index contributed by atoms with van der Waals surface area (Å²) in [6, 6.07) is 8.11. The first kappa shape index (κ1) is 14.9. The Hall–Kier alpha value is -2.05. The predicted molar refractivity (Wildman–Crippen MR) is 91.8 cm³/mol. The van der Waals surface area contributed by atoms with Gasteiger partial charge < -0.3 is 0 Å². The normalized spacial score (nSPS) is 10.7. The number of carbonyl (C=O) groups is 1. The average molecular weight is 329 g/mol. The molecule has 1 aromatic carbocycles. The van der Waals surface area contributed by atoms with Crippen LogP contribution in [0.15, 0.2) is 29.6 Å². The summed E-state index contributed by atoms with van der Waals surface area (Å²) in [5.41, 5.74) is 3.59. The van der Waals surface area contributed by atoms with E-state index in [-0.39, 0.29) is 5.91 Å². The van der Waals surface area contributed by atoms with E-state index < -0.39 is 0 Å². The highest BCUT2D eigenvalue weighted by molar-refractivity contribution is 7.16. The first-order chi connectivity index (χ1) is 10.5. The number of nitrogens with zero attached hydrogens (tertiary/aromatic N) is 2. The van der Waals surface area contributed by atoms with Crippen molar-refractivity contribution in [2.24, 2.45) is 0 Å². The van der Waals surface area contributed by atoms with Gasteiger partial charge in [-0.3, -0.25) is 10.1 Å². The molecule has 0 aliphatic rings. The van der Waals surface area contributed by atoms with E-state index in [9.17, 15) is 4.79 Å². The number of hydrogen-bond donors (Lipinski definition) is 1. The molecule has 3 aromatic rings. The molecule has 1 N–H and O–H groups in total. The van der Waals surface area contributed by atoms with Gasteiger partial charge in [0.2, 0.25) is 0 Å². The van der Waals surface area contributed by atoms with Gasteiger partial charge in [-0.05, 0) is 20.8 Å². The second kappa shape index (κ2) is 5.98. The van der Waals surface area contributed by atoms with Crippen LogP contribution in [0.3, 0.4) is 0 Å². The lowest BCUT2D eigenvalue weighted by Crippen LogP contribution is -2.12. The lowest BCUT2D eigenvalue weighted by atomic mass is 10.2. The zero-order valence-corrected chi connectivity index (χ0v) is 14.1. The summed E-state index contributed by atoms with van der Waals surface area (Å²) in [4.78, 5) is 22.1. The molecule has 1 amide bonds. The Labute approximate surface area is 136 Å². The van der Waals surface area contributed by atoms with Crippen LogP contribution >= 0.6 is 22.7 Å². The number of rotatable bonds is 3. The summed E-state index contributed by atoms with van der Waals surface area (Å²) in [7, 11) is 0. The van der Waals surface area contributed by atoms with E-state index in [1.165, 1.54) is 28.2 Å². The SMILES string of the molecule is Cc1ccc(-c2nc(C(=O)Nc3nc(C)c(C)s3)cs2)cc1. The molecule has 0 aliphatic carbocycles. The Kier molecular flexibility index (Phi) is 4.04. The molecule has 0 spiro atoms. The summed E-state index contributed by atoms with van der Waals surface area (Å²) >= 11 is 2.94. The van der Waals surface area contributed by atoms with Gasteiger partial charge in [-0.25, -0.2) is 9.97 Å². The van der Waals surface area contributed by atoms with Gasteiger partial charge >= 0.3 is 0 Å². The molecule has 0 saturated carbocycles. The van der Waals surface area contributed by atoms with Crippen molar-refractivity contribution >= 4 is 33.7 Å². The fraction of sp³-hybridized carbons (Fsp3) is 0.188. The van der Waals surface area contributed by atoms with E-state index in [1.807, 2.05) is 45.0 Å². The minimum atomic E-state index is -0.219. The number of nitrogens with one attached hydrogen (secondary N) is 1. The molecule has 0 saturated heterocycles. The number of hydrogen-bond acceptors (Lipinski definition) is 5. The Morgan fingerprint density at radius 1 is 1.09 bits per heavy atom. The van der Waals surface area contributed by atoms with Crippen molar-refractivity contribution in [3.05, 3.63) is 51.5 Å². The van der Waals surface area contributed by atoms with E-state index in [0.29, 0.717) is 10.8 Å². The summed E-state index contributed by atoms with van der Waals surface area (Å²) in [6.45, 7) is 5.96. The molecule has 2 heterocycles. The number of carbonyl (C=O) groups excluding carboxylic acids is 1. The molecule has 0 radical (unpaired) electrons. The number of thiazole rings is 2. The summed E-state index contributed by atoms with van der Waals surface area (Å²) in [5, 5.41) is 6.04. The molecule has 22 heavy (non-hydrogen) atoms. The van der Waals surface area contributed by atoms with E-state index in [2.05, 4.69) is 15.3 Å². The van der Waals surface area contributed by atoms with Crippen LogP contribution in [0.5, 0.6) is 0 Å². The minimum absolute atomic E-state index is 0.219. The smallest absolute Gasteiger partial charge is 0.276 e. The molecule has 2 aromatic heterocycles. The molecular formula is C16H15N3OS2. The molecule has 6 heteroatoms. The zero-order valence-electron chi connectivity index (χ0n) is 12.5. The maximum absolute atomic E-state index is 12.2. The van der Waals surface area contributed by atoms with Gasteiger partial charge in [-0.2, -0.15) is 0 Å². The fourth-order valence-electron chi connectivity index (χ4n) is 1.89. The van der Waals surface area contributed by atoms with E-state index in [4.69, 9.17) is 0 Å². The van der Waals surface area contributed by atoms with Crippen LogP contribution in [0, 0.1) is 20.8 Å². The fourth-order valence-corrected chi connectivity index (χ4v) is 3.51. The number of amides is 1. The Balaban J connectivity index is 1.78. The maximum atomic E-state index is 12.2. The third kappa shape index (κ3) is 3.08. The van der Waals surface area contributed by atoms with Crippen LogP contribution in [-0.2, 0) is 0 Å². The Morgan fingerprint density at radius 3 is 2.45 bits per heavy atom. The van der Waals surface area contributed by atoms with Gasteiger partial charge in [0.15, 0.2) is 5.13 Å². The molecule has 0 bridgehead atoms. The van der Waals surface area contributed by atoms with Gasteiger partial charge in [-0.15, -0.1) is 22.7 Å². The Bertz CT molecular complexity index is 799. The van der Waals surface area contributed by atoms with Crippen molar-refractivity contribution in [2.45, 2.75) is 20.8 Å². The number of aromatic nitrogens is 2. The van der Waals surface area contributed by atoms with Crippen LogP contribution in [0.4, 0.5) is 5.13 Å². The standard InChI is InChI=1S/C16H15N3OS2/c1-9-4-6-12(7-5-9)15-18-13(8-21-15)14(20)19-16-17-10(2)11(3)22-16/h4-8H,1-3H3,(H,17,19,20). The summed E-state index contributed by atoms with van der Waals surface area (Å²) in [5.74, 6) is -0.219. The second-order valence-electron chi connectivity index (χ2n) is 5.02. The predicted octanol–water partition coefficient (Wildman–Crippen LogP) is 4.44. The van der Waals surface area contributed by atoms with Crippen LogP contribution in [0.25, 0.3) is 10.6 Å². The molecular weight excluding hydrogens is 314 g/mol. The molecule has 4 nitrogen and oxygen atoms in total. The largest absolute Gasteiger partial charge is 0.296 e. The molecule has 0 atom stereocenters. The van der Waals surface area contributed by atoms with Crippen molar-refractivity contribution in [1.29, 1.82) is 0 Å². The quantitative estimate of drug-likeness (QED) is 0.772. The first-order valence-corrected chi connectivity index (χ1v) is 8.50. The monoisotopic (exact) mass is 329 g/mol. The van der Waals surface area contributed by atoms with E-state index in [0.717, 1.165) is 21.1 Å². The number of anilines is 1. The van der Waals surface area contributed by atoms with E-state index >= 15 is 0 Å². The van der Waals surface area contributed by atoms with Crippen molar-refractivity contribution in [2.75, 3.05) is 5.32 Å². The van der Waals surface area contributed by atoms with Gasteiger partial charge in [0.25, 0.3) is 5.91 Å². The lowest BCUT2D eigenvalue weighted by Gasteiger charge is -1.98. The van der Waals surface area contributed by atoms with Gasteiger partial charge in [0.1, 0.15) is 10.7 Å². The van der Waals surface area contributed by atoms with Gasteiger partial charge in [-0.1, -0.05) is 29.8 Å². The molecule has 0 fully saturated rings. The zero-order chi connectivity index (χ0) is 15.7. The van der Waals surface area contributed by atoms with Crippen LogP contribution in [0.1, 0.15) is 26.6 Å². The summed E-state index contributed by atoms with van der Waals surface area (Å²) < 4.78 is 0. The van der Waals surface area contributed by atoms with Gasteiger partial charge in [0, 0.05) is 15.8 Å². The van der Waals surface area contributed by atoms with Crippen molar-refractivity contribution in [3.8, 4) is 10.6 Å². The molecule has 3 rings (SSSR count). The third-order valence-corrected chi connectivity index (χ3v) is 5.16. The highest BCUT2D eigenvalue weighted by atomic mass is 32.1. The Morgan fingerprint density at radius 2 is 1.82 bits per heavy atom. The highest BCUT2D eigenvalue weighted by Crippen LogP contribution is 2.25. The van der Waals surface area contributed by atoms with Crippen LogP contribution in [-0.4, -0.2) is 15.9 Å². The lowest BCUT2D eigenvalue weighted by molar-refractivity contribution is 0.102. The van der Waals surface area contributed by atoms with E-state index in [1.54, 1.807) is 5.38 Å². The highest BCUT2D eigenvalue weighted by Gasteiger charge is 2.14. The molecule has 0 unspecified atom stereocenters. The summed E-state index contributed by atoms with van der Waals surface area (Å²) in [6.07, 6.45) is 0. The van der Waals surface area contributed by atoms with Crippen molar-refractivity contribution in [1.82, 2.24) is 9.97 Å². The maximum Gasteiger partial charge on any atom is 0.276 e. The number of aryl methyl sites for hydroxylation is 3. The second-order valence-corrected chi connectivity index (χ2v) is 7.08. The first-order valence-electron chi connectivity index (χ1n) is 6.81. The number of benzene rings is 1. The topological polar surface area (TPSA) is 54.9 Å². The third-order valence-electron chi connectivity index (χ3n) is 3.28. The average Bonchev–Trinajstić information content (AvgIpc) is 3.08. The van der Waals surface area contributed by atoms with Crippen LogP contribution < -0.4 is 5.32 Å². The molecule has 0 aliphatic heterocycles. The van der Waals surface area contributed by atoms with Crippen LogP contribution in [0.2, 0.25) is 0 Å². The van der Waals surface area contributed by atoms with Crippen molar-refractivity contribution < 1.29 is 4.79 Å². The van der Waals surface area contributed by atoms with Gasteiger partial charge in [0.05, 0.1) is 5.69 Å². The molecule has 112 valence electrons.